The first kappa shape index (κ1) is 13.5. The Kier molecular flexibility index (Phi) is 3.52. The highest BCUT2D eigenvalue weighted by atomic mass is 16.5. The van der Waals surface area contributed by atoms with Crippen LogP contribution in [-0.4, -0.2) is 22.1 Å². The van der Waals surface area contributed by atoms with Crippen LogP contribution in [0, 0.1) is 0 Å². The topological polar surface area (TPSA) is 47.9 Å². The van der Waals surface area contributed by atoms with Crippen LogP contribution in [0.3, 0.4) is 0 Å². The van der Waals surface area contributed by atoms with Crippen molar-refractivity contribution in [2.75, 3.05) is 7.11 Å². The fourth-order valence-corrected chi connectivity index (χ4v) is 2.27. The number of fused-ring (bicyclic) bond motifs is 1. The molecule has 0 atom stereocenters. The number of ether oxygens (including phenoxy) is 1. The number of benzene rings is 1. The minimum atomic E-state index is 0.503. The molecule has 0 amide bonds. The van der Waals surface area contributed by atoms with Crippen molar-refractivity contribution >= 4 is 11.0 Å². The highest BCUT2D eigenvalue weighted by molar-refractivity contribution is 5.83. The smallest absolute Gasteiger partial charge is 0.242 e. The monoisotopic (exact) mass is 279 g/mol. The molecule has 0 fully saturated rings. The van der Waals surface area contributed by atoms with Gasteiger partial charge in [0.15, 0.2) is 5.52 Å². The first-order valence-corrected chi connectivity index (χ1v) is 6.95. The molecule has 1 aromatic carbocycles. The second-order valence-corrected chi connectivity index (χ2v) is 5.22. The number of nitrogens with zero attached hydrogens (tertiary/aromatic N) is 3. The quantitative estimate of drug-likeness (QED) is 0.731. The van der Waals surface area contributed by atoms with Gasteiger partial charge in [-0.1, -0.05) is 38.1 Å². The molecule has 0 N–H and O–H groups in total. The lowest BCUT2D eigenvalue weighted by atomic mass is 10.0. The number of rotatable bonds is 3. The first-order chi connectivity index (χ1) is 10.2. The average molecular weight is 279 g/mol. The maximum absolute atomic E-state index is 5.34. The standard InChI is InChI=1S/C17H17N3O/c1-11(2)12-4-6-13(7-5-12)14-10-15-16(17(20-14)21-3)19-9-8-18-15/h4-11H,1-3H3. The van der Waals surface area contributed by atoms with Crippen LogP contribution in [0.4, 0.5) is 0 Å². The molecule has 0 spiro atoms. The van der Waals surface area contributed by atoms with Crippen LogP contribution in [0.1, 0.15) is 25.3 Å². The lowest BCUT2D eigenvalue weighted by molar-refractivity contribution is 0.403. The molecule has 3 rings (SSSR count). The summed E-state index contributed by atoms with van der Waals surface area (Å²) in [5.74, 6) is 1.02. The Morgan fingerprint density at radius 1 is 1.00 bits per heavy atom. The van der Waals surface area contributed by atoms with E-state index in [0.717, 1.165) is 16.8 Å². The van der Waals surface area contributed by atoms with E-state index in [1.165, 1.54) is 5.56 Å². The molecule has 2 heterocycles. The SMILES string of the molecule is COc1nc(-c2ccc(C(C)C)cc2)cc2nccnc12. The minimum Gasteiger partial charge on any atom is -0.479 e. The molecule has 4 nitrogen and oxygen atoms in total. The van der Waals surface area contributed by atoms with E-state index >= 15 is 0 Å². The number of methoxy groups -OCH3 is 1. The van der Waals surface area contributed by atoms with E-state index in [2.05, 4.69) is 53.1 Å². The van der Waals surface area contributed by atoms with Crippen LogP contribution in [0.2, 0.25) is 0 Å². The minimum absolute atomic E-state index is 0.503. The van der Waals surface area contributed by atoms with Crippen molar-refractivity contribution in [2.45, 2.75) is 19.8 Å². The number of hydrogen-bond acceptors (Lipinski definition) is 4. The first-order valence-electron chi connectivity index (χ1n) is 6.95. The molecule has 0 radical (unpaired) electrons. The maximum atomic E-state index is 5.34. The van der Waals surface area contributed by atoms with Crippen LogP contribution in [0.5, 0.6) is 5.88 Å². The van der Waals surface area contributed by atoms with E-state index in [1.807, 2.05) is 6.07 Å². The van der Waals surface area contributed by atoms with Crippen LogP contribution < -0.4 is 4.74 Å². The molecule has 4 heteroatoms. The molecule has 0 aliphatic carbocycles. The van der Waals surface area contributed by atoms with Crippen molar-refractivity contribution in [3.8, 4) is 17.1 Å². The Hall–Kier alpha value is -2.49. The molecule has 0 saturated heterocycles. The summed E-state index contributed by atoms with van der Waals surface area (Å²) in [6.45, 7) is 4.36. The van der Waals surface area contributed by atoms with Gasteiger partial charge in [-0.15, -0.1) is 0 Å². The van der Waals surface area contributed by atoms with E-state index in [9.17, 15) is 0 Å². The molecule has 3 aromatic rings. The highest BCUT2D eigenvalue weighted by Crippen LogP contribution is 2.27. The lowest BCUT2D eigenvalue weighted by Gasteiger charge is -2.09. The lowest BCUT2D eigenvalue weighted by Crippen LogP contribution is -1.95. The van der Waals surface area contributed by atoms with Crippen molar-refractivity contribution < 1.29 is 4.74 Å². The predicted octanol–water partition coefficient (Wildman–Crippen LogP) is 3.82. The predicted molar refractivity (Wildman–Crippen MR) is 83.4 cm³/mol. The van der Waals surface area contributed by atoms with E-state index in [-0.39, 0.29) is 0 Å². The Morgan fingerprint density at radius 2 is 1.71 bits per heavy atom. The number of hydrogen-bond donors (Lipinski definition) is 0. The summed E-state index contributed by atoms with van der Waals surface area (Å²) in [5.41, 5.74) is 4.67. The van der Waals surface area contributed by atoms with Gasteiger partial charge in [-0.2, -0.15) is 0 Å². The molecular formula is C17H17N3O. The average Bonchev–Trinajstić information content (AvgIpc) is 2.53. The molecule has 0 aliphatic rings. The summed E-state index contributed by atoms with van der Waals surface area (Å²) >= 11 is 0. The zero-order valence-electron chi connectivity index (χ0n) is 12.4. The van der Waals surface area contributed by atoms with Gasteiger partial charge in [-0.25, -0.2) is 9.97 Å². The summed E-state index contributed by atoms with van der Waals surface area (Å²) in [6, 6.07) is 10.4. The second kappa shape index (κ2) is 5.48. The second-order valence-electron chi connectivity index (χ2n) is 5.22. The summed E-state index contributed by atoms with van der Waals surface area (Å²) in [5, 5.41) is 0. The van der Waals surface area contributed by atoms with E-state index < -0.39 is 0 Å². The summed E-state index contributed by atoms with van der Waals surface area (Å²) in [6.07, 6.45) is 3.32. The van der Waals surface area contributed by atoms with Crippen molar-refractivity contribution in [1.29, 1.82) is 0 Å². The Balaban J connectivity index is 2.11. The fraction of sp³-hybridized carbons (Fsp3) is 0.235. The summed E-state index contributed by atoms with van der Waals surface area (Å²) < 4.78 is 5.34. The molecule has 0 saturated carbocycles. The number of pyridine rings is 1. The molecule has 0 bridgehead atoms. The van der Waals surface area contributed by atoms with Gasteiger partial charge in [0.05, 0.1) is 18.3 Å². The van der Waals surface area contributed by atoms with Crippen LogP contribution in [0.15, 0.2) is 42.7 Å². The normalized spacial score (nSPS) is 11.0. The van der Waals surface area contributed by atoms with Crippen LogP contribution >= 0.6 is 0 Å². The van der Waals surface area contributed by atoms with Gasteiger partial charge in [0.25, 0.3) is 0 Å². The van der Waals surface area contributed by atoms with Crippen LogP contribution in [0.25, 0.3) is 22.3 Å². The van der Waals surface area contributed by atoms with Crippen LogP contribution in [-0.2, 0) is 0 Å². The third-order valence-electron chi connectivity index (χ3n) is 3.49. The zero-order chi connectivity index (χ0) is 14.8. The largest absolute Gasteiger partial charge is 0.479 e. The zero-order valence-corrected chi connectivity index (χ0v) is 12.4. The van der Waals surface area contributed by atoms with Gasteiger partial charge in [-0.05, 0) is 17.5 Å². The molecule has 2 aromatic heterocycles. The number of aromatic nitrogens is 3. The van der Waals surface area contributed by atoms with E-state index in [4.69, 9.17) is 4.74 Å². The maximum Gasteiger partial charge on any atom is 0.242 e. The molecule has 0 aliphatic heterocycles. The van der Waals surface area contributed by atoms with Gasteiger partial charge in [0.1, 0.15) is 0 Å². The van der Waals surface area contributed by atoms with Crippen molar-refractivity contribution in [1.82, 2.24) is 15.0 Å². The van der Waals surface area contributed by atoms with E-state index in [0.29, 0.717) is 17.3 Å². The van der Waals surface area contributed by atoms with Crippen molar-refractivity contribution in [3.05, 3.63) is 48.3 Å². The third kappa shape index (κ3) is 2.57. The summed E-state index contributed by atoms with van der Waals surface area (Å²) in [7, 11) is 1.60. The van der Waals surface area contributed by atoms with Gasteiger partial charge < -0.3 is 4.74 Å². The van der Waals surface area contributed by atoms with Gasteiger partial charge in [-0.3, -0.25) is 4.98 Å². The molecule has 0 unspecified atom stereocenters. The van der Waals surface area contributed by atoms with E-state index in [1.54, 1.807) is 19.5 Å². The Labute approximate surface area is 123 Å². The highest BCUT2D eigenvalue weighted by Gasteiger charge is 2.10. The molecule has 106 valence electrons. The van der Waals surface area contributed by atoms with Crippen molar-refractivity contribution in [2.24, 2.45) is 0 Å². The molecular weight excluding hydrogens is 262 g/mol. The van der Waals surface area contributed by atoms with Crippen molar-refractivity contribution in [3.63, 3.8) is 0 Å². The fourth-order valence-electron chi connectivity index (χ4n) is 2.27. The van der Waals surface area contributed by atoms with Gasteiger partial charge in [0, 0.05) is 18.0 Å². The third-order valence-corrected chi connectivity index (χ3v) is 3.49. The Morgan fingerprint density at radius 3 is 2.38 bits per heavy atom. The summed E-state index contributed by atoms with van der Waals surface area (Å²) in [4.78, 5) is 13.2. The Bertz CT molecular complexity index is 767. The van der Waals surface area contributed by atoms with Gasteiger partial charge in [0.2, 0.25) is 5.88 Å². The van der Waals surface area contributed by atoms with Gasteiger partial charge >= 0.3 is 0 Å². The molecule has 21 heavy (non-hydrogen) atoms.